The zero-order valence-corrected chi connectivity index (χ0v) is 19.0. The fourth-order valence-corrected chi connectivity index (χ4v) is 4.27. The van der Waals surface area contributed by atoms with Crippen LogP contribution in [0.3, 0.4) is 0 Å². The quantitative estimate of drug-likeness (QED) is 0.560. The molecular weight excluding hydrogens is 435 g/mol. The van der Waals surface area contributed by atoms with Crippen molar-refractivity contribution in [3.63, 3.8) is 0 Å². The monoisotopic (exact) mass is 462 g/mol. The summed E-state index contributed by atoms with van der Waals surface area (Å²) in [5.74, 6) is -0.739. The van der Waals surface area contributed by atoms with Gasteiger partial charge >= 0.3 is 0 Å². The highest BCUT2D eigenvalue weighted by Gasteiger charge is 2.35. The van der Waals surface area contributed by atoms with Gasteiger partial charge in [-0.15, -0.1) is 0 Å². The third-order valence-electron chi connectivity index (χ3n) is 5.98. The molecule has 1 aliphatic carbocycles. The molecular formula is C26H27FN4O3. The first-order valence-corrected chi connectivity index (χ1v) is 11.4. The van der Waals surface area contributed by atoms with Gasteiger partial charge in [0.05, 0.1) is 13.3 Å². The van der Waals surface area contributed by atoms with Gasteiger partial charge in [0.1, 0.15) is 23.3 Å². The van der Waals surface area contributed by atoms with Crippen molar-refractivity contribution in [1.82, 2.24) is 15.3 Å². The van der Waals surface area contributed by atoms with Gasteiger partial charge in [0.2, 0.25) is 5.91 Å². The standard InChI is InChI=1S/C26H27FN4O3/c1-34-22-9-5-8-21(16-22)31(26(33)23-17-28-14-15-29-23)24(18-10-12-19(27)13-11-18)25(32)30-20-6-3-2-4-7-20/h5,8-17,20,24H,2-4,6-7H2,1H3,(H,30,32). The van der Waals surface area contributed by atoms with Crippen LogP contribution in [0.15, 0.2) is 67.1 Å². The molecule has 0 saturated heterocycles. The van der Waals surface area contributed by atoms with Crippen LogP contribution in [0.2, 0.25) is 0 Å². The number of aromatic nitrogens is 2. The number of nitrogens with zero attached hydrogens (tertiary/aromatic N) is 3. The highest BCUT2D eigenvalue weighted by Crippen LogP contribution is 2.32. The lowest BCUT2D eigenvalue weighted by Crippen LogP contribution is -2.47. The van der Waals surface area contributed by atoms with Crippen molar-refractivity contribution < 1.29 is 18.7 Å². The molecule has 7 nitrogen and oxygen atoms in total. The molecule has 3 aromatic rings. The van der Waals surface area contributed by atoms with Gasteiger partial charge in [-0.05, 0) is 42.7 Å². The number of anilines is 1. The normalized spacial score (nSPS) is 14.8. The summed E-state index contributed by atoms with van der Waals surface area (Å²) in [4.78, 5) is 37.0. The number of carbonyl (C=O) groups excluding carboxylic acids is 2. The maximum Gasteiger partial charge on any atom is 0.279 e. The van der Waals surface area contributed by atoms with Gasteiger partial charge in [0.15, 0.2) is 0 Å². The molecule has 2 aromatic carbocycles. The SMILES string of the molecule is COc1cccc(N(C(=O)c2cnccn2)C(C(=O)NC2CCCCC2)c2ccc(F)cc2)c1. The predicted octanol–water partition coefficient (Wildman–Crippen LogP) is 4.46. The molecule has 0 radical (unpaired) electrons. The third kappa shape index (κ3) is 5.39. The van der Waals surface area contributed by atoms with Gasteiger partial charge < -0.3 is 10.1 Å². The Bertz CT molecular complexity index is 1120. The summed E-state index contributed by atoms with van der Waals surface area (Å²) in [7, 11) is 1.53. The second kappa shape index (κ2) is 10.9. The van der Waals surface area contributed by atoms with E-state index < -0.39 is 17.8 Å². The van der Waals surface area contributed by atoms with Crippen molar-refractivity contribution in [3.05, 3.63) is 84.2 Å². The largest absolute Gasteiger partial charge is 0.497 e. The van der Waals surface area contributed by atoms with E-state index in [-0.39, 0.29) is 17.6 Å². The first-order chi connectivity index (χ1) is 16.6. The molecule has 0 aliphatic heterocycles. The Labute approximate surface area is 198 Å². The van der Waals surface area contributed by atoms with Gasteiger partial charge in [-0.25, -0.2) is 9.37 Å². The van der Waals surface area contributed by atoms with Crippen LogP contribution in [0.4, 0.5) is 10.1 Å². The number of ether oxygens (including phenoxy) is 1. The highest BCUT2D eigenvalue weighted by atomic mass is 19.1. The van der Waals surface area contributed by atoms with Crippen molar-refractivity contribution >= 4 is 17.5 Å². The van der Waals surface area contributed by atoms with E-state index in [0.29, 0.717) is 17.0 Å². The number of hydrogen-bond donors (Lipinski definition) is 1. The molecule has 1 aliphatic rings. The summed E-state index contributed by atoms with van der Waals surface area (Å²) in [6.07, 6.45) is 9.27. The highest BCUT2D eigenvalue weighted by molar-refractivity contribution is 6.09. The number of rotatable bonds is 7. The summed E-state index contributed by atoms with van der Waals surface area (Å²) in [5, 5.41) is 3.12. The number of methoxy groups -OCH3 is 1. The van der Waals surface area contributed by atoms with E-state index in [1.165, 1.54) is 54.9 Å². The molecule has 1 heterocycles. The number of carbonyl (C=O) groups is 2. The van der Waals surface area contributed by atoms with Crippen molar-refractivity contribution in [3.8, 4) is 5.75 Å². The summed E-state index contributed by atoms with van der Waals surface area (Å²) < 4.78 is 19.1. The average molecular weight is 463 g/mol. The lowest BCUT2D eigenvalue weighted by Gasteiger charge is -2.33. The topological polar surface area (TPSA) is 84.4 Å². The molecule has 0 spiro atoms. The second-order valence-electron chi connectivity index (χ2n) is 8.26. The number of halogens is 1. The first-order valence-electron chi connectivity index (χ1n) is 11.4. The molecule has 1 fully saturated rings. The number of amides is 2. The Hall–Kier alpha value is -3.81. The van der Waals surface area contributed by atoms with Crippen LogP contribution in [0.25, 0.3) is 0 Å². The summed E-state index contributed by atoms with van der Waals surface area (Å²) >= 11 is 0. The predicted molar refractivity (Wildman–Crippen MR) is 126 cm³/mol. The zero-order valence-electron chi connectivity index (χ0n) is 19.0. The van der Waals surface area contributed by atoms with Crippen LogP contribution in [0.5, 0.6) is 5.75 Å². The van der Waals surface area contributed by atoms with Crippen LogP contribution in [0.1, 0.15) is 54.2 Å². The van der Waals surface area contributed by atoms with Crippen molar-refractivity contribution in [1.29, 1.82) is 0 Å². The Kier molecular flexibility index (Phi) is 7.47. The van der Waals surface area contributed by atoms with Gasteiger partial charge in [-0.1, -0.05) is 37.5 Å². The molecule has 1 aromatic heterocycles. The van der Waals surface area contributed by atoms with Crippen LogP contribution < -0.4 is 15.0 Å². The Morgan fingerprint density at radius 3 is 2.53 bits per heavy atom. The minimum Gasteiger partial charge on any atom is -0.497 e. The summed E-state index contributed by atoms with van der Waals surface area (Å²) in [6, 6.07) is 11.5. The van der Waals surface area contributed by atoms with E-state index >= 15 is 0 Å². The van der Waals surface area contributed by atoms with Crippen LogP contribution >= 0.6 is 0 Å². The third-order valence-corrected chi connectivity index (χ3v) is 5.98. The van der Waals surface area contributed by atoms with Crippen LogP contribution in [-0.2, 0) is 4.79 Å². The Balaban J connectivity index is 1.81. The van der Waals surface area contributed by atoms with E-state index in [0.717, 1.165) is 32.1 Å². The van der Waals surface area contributed by atoms with E-state index in [4.69, 9.17) is 4.74 Å². The van der Waals surface area contributed by atoms with Crippen molar-refractivity contribution in [2.45, 2.75) is 44.2 Å². The molecule has 1 unspecified atom stereocenters. The van der Waals surface area contributed by atoms with Crippen LogP contribution in [0, 0.1) is 5.82 Å². The van der Waals surface area contributed by atoms with Gasteiger partial charge in [0, 0.05) is 30.2 Å². The minimum absolute atomic E-state index is 0.0305. The molecule has 1 saturated carbocycles. The molecule has 2 amide bonds. The van der Waals surface area contributed by atoms with Crippen molar-refractivity contribution in [2.24, 2.45) is 0 Å². The van der Waals surface area contributed by atoms with E-state index in [1.54, 1.807) is 24.3 Å². The number of benzene rings is 2. The van der Waals surface area contributed by atoms with Crippen molar-refractivity contribution in [2.75, 3.05) is 12.0 Å². The van der Waals surface area contributed by atoms with Crippen LogP contribution in [-0.4, -0.2) is 34.9 Å². The maximum absolute atomic E-state index is 13.8. The smallest absolute Gasteiger partial charge is 0.279 e. The minimum atomic E-state index is -1.05. The molecule has 1 N–H and O–H groups in total. The average Bonchev–Trinajstić information content (AvgIpc) is 2.88. The summed E-state index contributed by atoms with van der Waals surface area (Å²) in [5.41, 5.74) is 1.01. The first kappa shape index (κ1) is 23.4. The maximum atomic E-state index is 13.8. The molecule has 34 heavy (non-hydrogen) atoms. The lowest BCUT2D eigenvalue weighted by atomic mass is 9.94. The lowest BCUT2D eigenvalue weighted by molar-refractivity contribution is -0.123. The van der Waals surface area contributed by atoms with E-state index in [2.05, 4.69) is 15.3 Å². The summed E-state index contributed by atoms with van der Waals surface area (Å²) in [6.45, 7) is 0. The van der Waals surface area contributed by atoms with E-state index in [1.807, 2.05) is 0 Å². The van der Waals surface area contributed by atoms with Gasteiger partial charge in [-0.3, -0.25) is 19.5 Å². The molecule has 4 rings (SSSR count). The fourth-order valence-electron chi connectivity index (χ4n) is 4.27. The molecule has 1 atom stereocenters. The van der Waals surface area contributed by atoms with Gasteiger partial charge in [-0.2, -0.15) is 0 Å². The number of nitrogens with one attached hydrogen (secondary N) is 1. The molecule has 0 bridgehead atoms. The second-order valence-corrected chi connectivity index (χ2v) is 8.26. The Morgan fingerprint density at radius 1 is 1.09 bits per heavy atom. The fraction of sp³-hybridized carbons (Fsp3) is 0.308. The van der Waals surface area contributed by atoms with Gasteiger partial charge in [0.25, 0.3) is 5.91 Å². The molecule has 176 valence electrons. The van der Waals surface area contributed by atoms with E-state index in [9.17, 15) is 14.0 Å². The number of hydrogen-bond acceptors (Lipinski definition) is 5. The Morgan fingerprint density at radius 2 is 1.85 bits per heavy atom. The zero-order chi connectivity index (χ0) is 23.9. The molecule has 8 heteroatoms.